The van der Waals surface area contributed by atoms with Crippen LogP contribution in [0.15, 0.2) is 42.5 Å². The van der Waals surface area contributed by atoms with E-state index in [9.17, 15) is 4.39 Å². The van der Waals surface area contributed by atoms with Gasteiger partial charge in [-0.05, 0) is 35.4 Å². The summed E-state index contributed by atoms with van der Waals surface area (Å²) in [7, 11) is 1.63. The summed E-state index contributed by atoms with van der Waals surface area (Å²) in [5.74, 6) is -0.229. The second-order valence-corrected chi connectivity index (χ2v) is 4.63. The monoisotopic (exact) mass is 279 g/mol. The summed E-state index contributed by atoms with van der Waals surface area (Å²) >= 11 is 6.14. The van der Waals surface area contributed by atoms with Gasteiger partial charge in [0.05, 0.1) is 6.61 Å². The molecule has 0 unspecified atom stereocenters. The fraction of sp³-hybridized carbons (Fsp3) is 0.200. The third kappa shape index (κ3) is 3.94. The van der Waals surface area contributed by atoms with E-state index in [4.69, 9.17) is 16.3 Å². The van der Waals surface area contributed by atoms with Crippen LogP contribution in [0.1, 0.15) is 11.1 Å². The van der Waals surface area contributed by atoms with Crippen molar-refractivity contribution >= 4 is 17.3 Å². The van der Waals surface area contributed by atoms with Crippen molar-refractivity contribution in [3.05, 3.63) is 64.4 Å². The molecule has 0 spiro atoms. The Bertz CT molecular complexity index is 560. The average molecular weight is 280 g/mol. The zero-order chi connectivity index (χ0) is 13.7. The molecule has 19 heavy (non-hydrogen) atoms. The molecule has 0 aliphatic heterocycles. The smallest absolute Gasteiger partial charge is 0.123 e. The lowest BCUT2D eigenvalue weighted by atomic mass is 10.2. The molecule has 2 rings (SSSR count). The van der Waals surface area contributed by atoms with Gasteiger partial charge >= 0.3 is 0 Å². The predicted octanol–water partition coefficient (Wildman–Crippen LogP) is 4.24. The average Bonchev–Trinajstić information content (AvgIpc) is 2.39. The highest BCUT2D eigenvalue weighted by Crippen LogP contribution is 2.22. The Kier molecular flexibility index (Phi) is 4.77. The summed E-state index contributed by atoms with van der Waals surface area (Å²) in [5, 5.41) is 3.86. The molecule has 2 aromatic rings. The topological polar surface area (TPSA) is 21.3 Å². The summed E-state index contributed by atoms with van der Waals surface area (Å²) in [6, 6.07) is 12.2. The molecule has 0 saturated carbocycles. The number of ether oxygens (including phenoxy) is 1. The second kappa shape index (κ2) is 6.55. The van der Waals surface area contributed by atoms with Crippen molar-refractivity contribution in [3.8, 4) is 0 Å². The van der Waals surface area contributed by atoms with Crippen molar-refractivity contribution in [3.63, 3.8) is 0 Å². The molecule has 2 aromatic carbocycles. The molecule has 1 N–H and O–H groups in total. The van der Waals surface area contributed by atoms with Crippen molar-refractivity contribution in [2.75, 3.05) is 12.4 Å². The summed E-state index contributed by atoms with van der Waals surface area (Å²) in [6.07, 6.45) is 0. The van der Waals surface area contributed by atoms with Crippen molar-refractivity contribution < 1.29 is 9.13 Å². The fourth-order valence-corrected chi connectivity index (χ4v) is 2.02. The zero-order valence-electron chi connectivity index (χ0n) is 10.6. The van der Waals surface area contributed by atoms with Crippen molar-refractivity contribution in [2.24, 2.45) is 0 Å². The fourth-order valence-electron chi connectivity index (χ4n) is 1.78. The molecule has 0 saturated heterocycles. The number of halogens is 2. The van der Waals surface area contributed by atoms with E-state index in [1.54, 1.807) is 13.2 Å². The van der Waals surface area contributed by atoms with Crippen LogP contribution in [0.5, 0.6) is 0 Å². The predicted molar refractivity (Wildman–Crippen MR) is 75.9 cm³/mol. The lowest BCUT2D eigenvalue weighted by Crippen LogP contribution is -2.00. The van der Waals surface area contributed by atoms with Gasteiger partial charge in [0.15, 0.2) is 0 Å². The molecule has 0 aliphatic carbocycles. The highest BCUT2D eigenvalue weighted by Gasteiger charge is 2.02. The molecule has 0 fully saturated rings. The normalized spacial score (nSPS) is 10.5. The lowest BCUT2D eigenvalue weighted by molar-refractivity contribution is 0.185. The minimum atomic E-state index is -0.229. The Hall–Kier alpha value is -1.58. The molecule has 0 heterocycles. The van der Waals surface area contributed by atoms with Crippen LogP contribution in [0.25, 0.3) is 0 Å². The first-order valence-corrected chi connectivity index (χ1v) is 6.32. The maximum Gasteiger partial charge on any atom is 0.123 e. The largest absolute Gasteiger partial charge is 0.381 e. The molecule has 0 amide bonds. The Morgan fingerprint density at radius 3 is 2.74 bits per heavy atom. The highest BCUT2D eigenvalue weighted by molar-refractivity contribution is 6.31. The first-order chi connectivity index (χ1) is 9.19. The highest BCUT2D eigenvalue weighted by atomic mass is 35.5. The number of anilines is 1. The van der Waals surface area contributed by atoms with Crippen LogP contribution < -0.4 is 5.32 Å². The second-order valence-electron chi connectivity index (χ2n) is 4.22. The van der Waals surface area contributed by atoms with Gasteiger partial charge in [0, 0.05) is 24.4 Å². The first-order valence-electron chi connectivity index (χ1n) is 5.94. The number of methoxy groups -OCH3 is 1. The number of rotatable bonds is 5. The van der Waals surface area contributed by atoms with E-state index in [1.165, 1.54) is 12.1 Å². The Balaban J connectivity index is 2.02. The van der Waals surface area contributed by atoms with Crippen LogP contribution in [0.2, 0.25) is 5.02 Å². The number of nitrogens with one attached hydrogen (secondary N) is 1. The molecule has 0 aromatic heterocycles. The van der Waals surface area contributed by atoms with Gasteiger partial charge in [-0.25, -0.2) is 4.39 Å². The maximum absolute atomic E-state index is 13.0. The minimum absolute atomic E-state index is 0.229. The summed E-state index contributed by atoms with van der Waals surface area (Å²) in [5.41, 5.74) is 2.73. The van der Waals surface area contributed by atoms with Crippen LogP contribution in [0, 0.1) is 5.82 Å². The van der Waals surface area contributed by atoms with Gasteiger partial charge in [-0.1, -0.05) is 29.8 Å². The third-order valence-electron chi connectivity index (χ3n) is 2.74. The van der Waals surface area contributed by atoms with E-state index >= 15 is 0 Å². The van der Waals surface area contributed by atoms with E-state index in [2.05, 4.69) is 5.32 Å². The standard InChI is InChI=1S/C15H15ClFNO/c1-19-10-12-5-6-14(8-15(12)16)18-9-11-3-2-4-13(17)7-11/h2-8,18H,9-10H2,1H3. The molecule has 0 bridgehead atoms. The van der Waals surface area contributed by atoms with E-state index < -0.39 is 0 Å². The van der Waals surface area contributed by atoms with E-state index in [0.717, 1.165) is 16.8 Å². The van der Waals surface area contributed by atoms with Crippen molar-refractivity contribution in [1.29, 1.82) is 0 Å². The third-order valence-corrected chi connectivity index (χ3v) is 3.09. The molecule has 0 atom stereocenters. The van der Waals surface area contributed by atoms with Crippen LogP contribution in [-0.2, 0) is 17.9 Å². The van der Waals surface area contributed by atoms with Crippen molar-refractivity contribution in [2.45, 2.75) is 13.2 Å². The molecule has 2 nitrogen and oxygen atoms in total. The first kappa shape index (κ1) is 13.8. The molecular weight excluding hydrogens is 265 g/mol. The quantitative estimate of drug-likeness (QED) is 0.884. The van der Waals surface area contributed by atoms with Gasteiger partial charge in [0.2, 0.25) is 0 Å². The van der Waals surface area contributed by atoms with Gasteiger partial charge in [-0.3, -0.25) is 0 Å². The Labute approximate surface area is 117 Å². The molecule has 0 aliphatic rings. The van der Waals surface area contributed by atoms with Gasteiger partial charge in [-0.15, -0.1) is 0 Å². The summed E-state index contributed by atoms with van der Waals surface area (Å²) in [6.45, 7) is 1.04. The van der Waals surface area contributed by atoms with Crippen molar-refractivity contribution in [1.82, 2.24) is 0 Å². The van der Waals surface area contributed by atoms with Gasteiger partial charge < -0.3 is 10.1 Å². The van der Waals surface area contributed by atoms with Gasteiger partial charge in [-0.2, -0.15) is 0 Å². The summed E-state index contributed by atoms with van der Waals surface area (Å²) < 4.78 is 18.1. The number of hydrogen-bond acceptors (Lipinski definition) is 2. The SMILES string of the molecule is COCc1ccc(NCc2cccc(F)c2)cc1Cl. The Morgan fingerprint density at radius 1 is 1.21 bits per heavy atom. The van der Waals surface area contributed by atoms with Crippen LogP contribution >= 0.6 is 11.6 Å². The lowest BCUT2D eigenvalue weighted by Gasteiger charge is -2.09. The van der Waals surface area contributed by atoms with E-state index in [-0.39, 0.29) is 5.82 Å². The zero-order valence-corrected chi connectivity index (χ0v) is 11.4. The number of hydrogen-bond donors (Lipinski definition) is 1. The molecule has 4 heteroatoms. The Morgan fingerprint density at radius 2 is 2.05 bits per heavy atom. The van der Waals surface area contributed by atoms with E-state index in [1.807, 2.05) is 24.3 Å². The molecule has 0 radical (unpaired) electrons. The number of benzene rings is 2. The van der Waals surface area contributed by atoms with Gasteiger partial charge in [0.25, 0.3) is 0 Å². The maximum atomic E-state index is 13.0. The van der Waals surface area contributed by atoms with E-state index in [0.29, 0.717) is 18.2 Å². The van der Waals surface area contributed by atoms with Gasteiger partial charge in [0.1, 0.15) is 5.82 Å². The molecule has 100 valence electrons. The summed E-state index contributed by atoms with van der Waals surface area (Å²) in [4.78, 5) is 0. The molecular formula is C15H15ClFNO. The van der Waals surface area contributed by atoms with Crippen LogP contribution in [-0.4, -0.2) is 7.11 Å². The van der Waals surface area contributed by atoms with Crippen LogP contribution in [0.4, 0.5) is 10.1 Å². The minimum Gasteiger partial charge on any atom is -0.381 e. The van der Waals surface area contributed by atoms with Crippen LogP contribution in [0.3, 0.4) is 0 Å².